The molecule has 114 valence electrons. The van der Waals surface area contributed by atoms with E-state index in [1.54, 1.807) is 24.3 Å². The third-order valence-corrected chi connectivity index (χ3v) is 6.56. The fraction of sp³-hybridized carbons (Fsp3) is 0.533. The van der Waals surface area contributed by atoms with Crippen molar-refractivity contribution in [1.82, 2.24) is 4.72 Å². The van der Waals surface area contributed by atoms with Crippen LogP contribution in [0.1, 0.15) is 31.2 Å². The molecule has 2 saturated carbocycles. The first kappa shape index (κ1) is 14.9. The lowest BCUT2D eigenvalue weighted by Gasteiger charge is -2.22. The zero-order valence-electron chi connectivity index (χ0n) is 11.8. The zero-order chi connectivity index (χ0) is 15.0. The molecular weight excluding hydrogens is 304 g/mol. The summed E-state index contributed by atoms with van der Waals surface area (Å²) in [5.41, 5.74) is 6.03. The molecule has 2 bridgehead atoms. The Bertz CT molecular complexity index is 657. The molecule has 4 nitrogen and oxygen atoms in total. The largest absolute Gasteiger partial charge is 0.389 e. The molecular formula is C15H20N2O2S2. The van der Waals surface area contributed by atoms with Gasteiger partial charge in [-0.15, -0.1) is 0 Å². The molecule has 0 spiro atoms. The van der Waals surface area contributed by atoms with Crippen molar-refractivity contribution in [1.29, 1.82) is 0 Å². The topological polar surface area (TPSA) is 72.2 Å². The van der Waals surface area contributed by atoms with Gasteiger partial charge in [-0.25, -0.2) is 13.1 Å². The van der Waals surface area contributed by atoms with Gasteiger partial charge in [0.1, 0.15) is 4.99 Å². The number of nitrogens with one attached hydrogen (secondary N) is 1. The second kappa shape index (κ2) is 5.66. The number of rotatable bonds is 5. The normalized spacial score (nSPS) is 27.9. The predicted octanol–water partition coefficient (Wildman–Crippen LogP) is 2.04. The highest BCUT2D eigenvalue weighted by atomic mass is 32.2. The van der Waals surface area contributed by atoms with Crippen molar-refractivity contribution in [2.45, 2.75) is 30.6 Å². The smallest absolute Gasteiger partial charge is 0.241 e. The molecule has 0 aliphatic heterocycles. The van der Waals surface area contributed by atoms with Crippen LogP contribution in [0.15, 0.2) is 29.2 Å². The molecule has 3 N–H and O–H groups in total. The van der Waals surface area contributed by atoms with Crippen LogP contribution in [0.4, 0.5) is 0 Å². The van der Waals surface area contributed by atoms with Crippen molar-refractivity contribution >= 4 is 27.2 Å². The minimum atomic E-state index is -3.56. The van der Waals surface area contributed by atoms with Gasteiger partial charge in [-0.05, 0) is 43.1 Å². The highest BCUT2D eigenvalue weighted by Crippen LogP contribution is 2.48. The van der Waals surface area contributed by atoms with Gasteiger partial charge in [-0.3, -0.25) is 0 Å². The molecule has 2 fully saturated rings. The summed E-state index contributed by atoms with van der Waals surface area (Å²) in [6.45, 7) is 0.523. The Morgan fingerprint density at radius 2 is 2.05 bits per heavy atom. The monoisotopic (exact) mass is 324 g/mol. The van der Waals surface area contributed by atoms with Gasteiger partial charge in [0.15, 0.2) is 0 Å². The van der Waals surface area contributed by atoms with Gasteiger partial charge in [-0.1, -0.05) is 36.8 Å². The Labute approximate surface area is 131 Å². The molecule has 3 atom stereocenters. The van der Waals surface area contributed by atoms with Crippen LogP contribution in [0.3, 0.4) is 0 Å². The van der Waals surface area contributed by atoms with Gasteiger partial charge in [0.2, 0.25) is 10.0 Å². The van der Waals surface area contributed by atoms with Crippen molar-refractivity contribution in [3.63, 3.8) is 0 Å². The standard InChI is InChI=1S/C15H20N2O2S2/c16-15(20)13-3-1-2-4-14(13)21(18,19)17-9-12-8-10-5-6-11(12)7-10/h1-4,10-12,17H,5-9H2,(H2,16,20). The molecule has 0 radical (unpaired) electrons. The van der Waals surface area contributed by atoms with E-state index in [4.69, 9.17) is 18.0 Å². The second-order valence-corrected chi connectivity index (χ2v) is 8.32. The summed E-state index contributed by atoms with van der Waals surface area (Å²) in [7, 11) is -3.56. The van der Waals surface area contributed by atoms with E-state index in [1.807, 2.05) is 0 Å². The first-order valence-electron chi connectivity index (χ1n) is 7.36. The maximum absolute atomic E-state index is 12.5. The van der Waals surface area contributed by atoms with Gasteiger partial charge in [-0.2, -0.15) is 0 Å². The first-order valence-corrected chi connectivity index (χ1v) is 9.25. The molecule has 3 rings (SSSR count). The van der Waals surface area contributed by atoms with Crippen molar-refractivity contribution in [2.24, 2.45) is 23.5 Å². The summed E-state index contributed by atoms with van der Waals surface area (Å²) in [5.74, 6) is 1.99. The minimum Gasteiger partial charge on any atom is -0.389 e. The molecule has 1 aromatic rings. The fourth-order valence-corrected chi connectivity index (χ4v) is 5.38. The van der Waals surface area contributed by atoms with E-state index >= 15 is 0 Å². The van der Waals surface area contributed by atoms with Gasteiger partial charge in [0, 0.05) is 12.1 Å². The Morgan fingerprint density at radius 3 is 2.67 bits per heavy atom. The quantitative estimate of drug-likeness (QED) is 0.813. The first-order chi connectivity index (χ1) is 9.97. The van der Waals surface area contributed by atoms with Gasteiger partial charge >= 0.3 is 0 Å². The zero-order valence-corrected chi connectivity index (χ0v) is 13.4. The summed E-state index contributed by atoms with van der Waals surface area (Å²) in [5, 5.41) is 0. The van der Waals surface area contributed by atoms with E-state index in [9.17, 15) is 8.42 Å². The summed E-state index contributed by atoms with van der Waals surface area (Å²) >= 11 is 4.94. The maximum Gasteiger partial charge on any atom is 0.241 e. The number of fused-ring (bicyclic) bond motifs is 2. The van der Waals surface area contributed by atoms with E-state index in [1.165, 1.54) is 19.3 Å². The highest BCUT2D eigenvalue weighted by Gasteiger charge is 2.39. The minimum absolute atomic E-state index is 0.107. The van der Waals surface area contributed by atoms with Crippen LogP contribution in [0.5, 0.6) is 0 Å². The molecule has 6 heteroatoms. The van der Waals surface area contributed by atoms with E-state index in [0.717, 1.165) is 12.3 Å². The fourth-order valence-electron chi connectivity index (χ4n) is 3.83. The van der Waals surface area contributed by atoms with Crippen LogP contribution in [-0.2, 0) is 10.0 Å². The average molecular weight is 324 g/mol. The van der Waals surface area contributed by atoms with E-state index in [0.29, 0.717) is 23.9 Å². The molecule has 0 saturated heterocycles. The Kier molecular flexibility index (Phi) is 4.03. The molecule has 2 aliphatic rings. The molecule has 0 aromatic heterocycles. The van der Waals surface area contributed by atoms with Crippen LogP contribution in [-0.4, -0.2) is 20.0 Å². The maximum atomic E-state index is 12.5. The number of hydrogen-bond donors (Lipinski definition) is 2. The Morgan fingerprint density at radius 1 is 1.29 bits per heavy atom. The third kappa shape index (κ3) is 2.98. The number of benzene rings is 1. The lowest BCUT2D eigenvalue weighted by Crippen LogP contribution is -2.32. The van der Waals surface area contributed by atoms with Crippen molar-refractivity contribution in [3.8, 4) is 0 Å². The van der Waals surface area contributed by atoms with Crippen LogP contribution in [0.25, 0.3) is 0 Å². The van der Waals surface area contributed by atoms with Gasteiger partial charge in [0.25, 0.3) is 0 Å². The number of sulfonamides is 1. The Hall–Kier alpha value is -0.980. The van der Waals surface area contributed by atoms with Crippen LogP contribution >= 0.6 is 12.2 Å². The van der Waals surface area contributed by atoms with E-state index in [-0.39, 0.29) is 9.88 Å². The lowest BCUT2D eigenvalue weighted by molar-refractivity contribution is 0.333. The van der Waals surface area contributed by atoms with Crippen LogP contribution < -0.4 is 10.5 Å². The van der Waals surface area contributed by atoms with Crippen LogP contribution in [0, 0.1) is 17.8 Å². The summed E-state index contributed by atoms with van der Waals surface area (Å²) in [4.78, 5) is 0.288. The van der Waals surface area contributed by atoms with Crippen LogP contribution in [0.2, 0.25) is 0 Å². The van der Waals surface area contributed by atoms with Crippen molar-refractivity contribution in [2.75, 3.05) is 6.54 Å². The summed E-state index contributed by atoms with van der Waals surface area (Å²) < 4.78 is 27.7. The highest BCUT2D eigenvalue weighted by molar-refractivity contribution is 7.89. The lowest BCUT2D eigenvalue weighted by atomic mass is 9.89. The van der Waals surface area contributed by atoms with Gasteiger partial charge in [0.05, 0.1) is 4.90 Å². The van der Waals surface area contributed by atoms with E-state index in [2.05, 4.69) is 4.72 Å². The summed E-state index contributed by atoms with van der Waals surface area (Å²) in [6.07, 6.45) is 5.00. The molecule has 21 heavy (non-hydrogen) atoms. The average Bonchev–Trinajstić information content (AvgIpc) is 3.08. The third-order valence-electron chi connectivity index (χ3n) is 4.86. The van der Waals surface area contributed by atoms with E-state index < -0.39 is 10.0 Å². The molecule has 1 aromatic carbocycles. The van der Waals surface area contributed by atoms with Gasteiger partial charge < -0.3 is 5.73 Å². The second-order valence-electron chi connectivity index (χ2n) is 6.15. The summed E-state index contributed by atoms with van der Waals surface area (Å²) in [6, 6.07) is 6.63. The number of hydrogen-bond acceptors (Lipinski definition) is 3. The van der Waals surface area contributed by atoms with Crippen molar-refractivity contribution < 1.29 is 8.42 Å². The SMILES string of the molecule is NC(=S)c1ccccc1S(=O)(=O)NCC1CC2CCC1C2. The molecule has 3 unspecified atom stereocenters. The number of thiocarbonyl (C=S) groups is 1. The molecule has 0 heterocycles. The molecule has 0 amide bonds. The van der Waals surface area contributed by atoms with Crippen molar-refractivity contribution in [3.05, 3.63) is 29.8 Å². The Balaban J connectivity index is 1.74. The molecule has 2 aliphatic carbocycles. The number of nitrogens with two attached hydrogens (primary N) is 1. The predicted molar refractivity (Wildman–Crippen MR) is 86.5 cm³/mol.